The molecule has 1 aliphatic heterocycles. The summed E-state index contributed by atoms with van der Waals surface area (Å²) in [7, 11) is 0. The van der Waals surface area contributed by atoms with Crippen molar-refractivity contribution in [2.75, 3.05) is 13.2 Å². The zero-order valence-electron chi connectivity index (χ0n) is 8.66. The molecule has 0 radical (unpaired) electrons. The molecule has 0 aromatic carbocycles. The number of amides is 1. The fraction of sp³-hybridized carbons (Fsp3) is 0.600. The third-order valence-electron chi connectivity index (χ3n) is 2.38. The van der Waals surface area contributed by atoms with Crippen molar-refractivity contribution in [3.63, 3.8) is 0 Å². The van der Waals surface area contributed by atoms with Gasteiger partial charge in [-0.3, -0.25) is 4.79 Å². The second kappa shape index (κ2) is 4.72. The molecule has 5 heteroatoms. The van der Waals surface area contributed by atoms with E-state index in [-0.39, 0.29) is 11.8 Å². The number of aryl methyl sites for hydroxylation is 1. The Morgan fingerprint density at radius 3 is 3.27 bits per heavy atom. The average Bonchev–Trinajstić information content (AvgIpc) is 2.84. The lowest BCUT2D eigenvalue weighted by molar-refractivity contribution is -0.125. The molecule has 0 unspecified atom stereocenters. The summed E-state index contributed by atoms with van der Waals surface area (Å²) < 4.78 is 5.16. The summed E-state index contributed by atoms with van der Waals surface area (Å²) in [6, 6.07) is 0. The van der Waals surface area contributed by atoms with Gasteiger partial charge in [-0.2, -0.15) is 0 Å². The number of nitrogens with zero attached hydrogens (tertiary/aromatic N) is 1. The van der Waals surface area contributed by atoms with Crippen molar-refractivity contribution in [1.29, 1.82) is 0 Å². The molecular formula is C10H14N2O2S. The molecule has 2 heterocycles. The number of aromatic nitrogens is 1. The van der Waals surface area contributed by atoms with Gasteiger partial charge in [0.2, 0.25) is 5.91 Å². The molecule has 1 saturated heterocycles. The van der Waals surface area contributed by atoms with Crippen LogP contribution in [0.1, 0.15) is 17.1 Å². The van der Waals surface area contributed by atoms with Gasteiger partial charge in [0.15, 0.2) is 0 Å². The SMILES string of the molecule is Cc1csc(CNC(=O)[C@@H]2CCOC2)n1. The van der Waals surface area contributed by atoms with Crippen LogP contribution in [0.2, 0.25) is 0 Å². The highest BCUT2D eigenvalue weighted by molar-refractivity contribution is 7.09. The molecule has 15 heavy (non-hydrogen) atoms. The zero-order chi connectivity index (χ0) is 10.7. The van der Waals surface area contributed by atoms with Gasteiger partial charge in [0.05, 0.1) is 19.1 Å². The molecule has 1 fully saturated rings. The molecule has 0 spiro atoms. The first-order valence-electron chi connectivity index (χ1n) is 5.02. The number of carbonyl (C=O) groups excluding carboxylic acids is 1. The molecule has 0 saturated carbocycles. The Bertz CT molecular complexity index is 345. The molecular weight excluding hydrogens is 212 g/mol. The van der Waals surface area contributed by atoms with Gasteiger partial charge in [-0.25, -0.2) is 4.98 Å². The van der Waals surface area contributed by atoms with Gasteiger partial charge >= 0.3 is 0 Å². The zero-order valence-corrected chi connectivity index (χ0v) is 9.47. The highest BCUT2D eigenvalue weighted by atomic mass is 32.1. The molecule has 0 aliphatic carbocycles. The summed E-state index contributed by atoms with van der Waals surface area (Å²) in [5.41, 5.74) is 1.01. The lowest BCUT2D eigenvalue weighted by Gasteiger charge is -2.07. The lowest BCUT2D eigenvalue weighted by Crippen LogP contribution is -2.30. The van der Waals surface area contributed by atoms with Gasteiger partial charge in [0, 0.05) is 17.7 Å². The van der Waals surface area contributed by atoms with Gasteiger partial charge in [-0.15, -0.1) is 11.3 Å². The minimum Gasteiger partial charge on any atom is -0.381 e. The van der Waals surface area contributed by atoms with Crippen LogP contribution in [0.25, 0.3) is 0 Å². The second-order valence-electron chi connectivity index (χ2n) is 3.66. The van der Waals surface area contributed by atoms with Crippen molar-refractivity contribution in [3.8, 4) is 0 Å². The normalized spacial score (nSPS) is 20.5. The van der Waals surface area contributed by atoms with Crippen LogP contribution < -0.4 is 5.32 Å². The number of ether oxygens (including phenoxy) is 1. The van der Waals surface area contributed by atoms with Crippen LogP contribution >= 0.6 is 11.3 Å². The Morgan fingerprint density at radius 2 is 2.67 bits per heavy atom. The van der Waals surface area contributed by atoms with Crippen LogP contribution in [0, 0.1) is 12.8 Å². The minimum absolute atomic E-state index is 0.0334. The van der Waals surface area contributed by atoms with Crippen molar-refractivity contribution in [2.45, 2.75) is 19.9 Å². The number of hydrogen-bond acceptors (Lipinski definition) is 4. The predicted octanol–water partition coefficient (Wildman–Crippen LogP) is 1.10. The lowest BCUT2D eigenvalue weighted by atomic mass is 10.1. The maximum atomic E-state index is 11.6. The summed E-state index contributed by atoms with van der Waals surface area (Å²) in [5.74, 6) is 0.117. The van der Waals surface area contributed by atoms with Crippen molar-refractivity contribution >= 4 is 17.2 Å². The van der Waals surface area contributed by atoms with E-state index in [0.717, 1.165) is 17.1 Å². The quantitative estimate of drug-likeness (QED) is 0.839. The van der Waals surface area contributed by atoms with Gasteiger partial charge in [0.1, 0.15) is 5.01 Å². The van der Waals surface area contributed by atoms with E-state index in [2.05, 4.69) is 10.3 Å². The van der Waals surface area contributed by atoms with Gasteiger partial charge in [-0.1, -0.05) is 0 Å². The minimum atomic E-state index is 0.0334. The fourth-order valence-corrected chi connectivity index (χ4v) is 2.24. The van der Waals surface area contributed by atoms with E-state index < -0.39 is 0 Å². The molecule has 1 aromatic heterocycles. The molecule has 1 N–H and O–H groups in total. The van der Waals surface area contributed by atoms with Crippen molar-refractivity contribution in [2.24, 2.45) is 5.92 Å². The average molecular weight is 226 g/mol. The smallest absolute Gasteiger partial charge is 0.225 e. The topological polar surface area (TPSA) is 51.2 Å². The largest absolute Gasteiger partial charge is 0.381 e. The van der Waals surface area contributed by atoms with Crippen LogP contribution in [0.3, 0.4) is 0 Å². The molecule has 2 rings (SSSR count). The fourth-order valence-electron chi connectivity index (χ4n) is 1.53. The molecule has 82 valence electrons. The number of rotatable bonds is 3. The second-order valence-corrected chi connectivity index (χ2v) is 4.60. The van der Waals surface area contributed by atoms with Crippen LogP contribution in [-0.2, 0) is 16.1 Å². The van der Waals surface area contributed by atoms with Crippen molar-refractivity contribution in [3.05, 3.63) is 16.1 Å². The Kier molecular flexibility index (Phi) is 3.33. The van der Waals surface area contributed by atoms with E-state index in [1.54, 1.807) is 11.3 Å². The van der Waals surface area contributed by atoms with Gasteiger partial charge in [0.25, 0.3) is 0 Å². The summed E-state index contributed by atoms with van der Waals surface area (Å²) in [6.07, 6.45) is 0.836. The van der Waals surface area contributed by atoms with Gasteiger partial charge in [-0.05, 0) is 13.3 Å². The standard InChI is InChI=1S/C10H14N2O2S/c1-7-6-15-9(12-7)4-11-10(13)8-2-3-14-5-8/h6,8H,2-5H2,1H3,(H,11,13)/t8-/m1/s1. The number of carbonyl (C=O) groups is 1. The molecule has 1 amide bonds. The molecule has 4 nitrogen and oxygen atoms in total. The van der Waals surface area contributed by atoms with E-state index in [4.69, 9.17) is 4.74 Å². The predicted molar refractivity (Wildman–Crippen MR) is 57.6 cm³/mol. The first-order valence-corrected chi connectivity index (χ1v) is 5.90. The summed E-state index contributed by atoms with van der Waals surface area (Å²) >= 11 is 1.58. The maximum absolute atomic E-state index is 11.6. The van der Waals surface area contributed by atoms with E-state index >= 15 is 0 Å². The number of nitrogens with one attached hydrogen (secondary N) is 1. The van der Waals surface area contributed by atoms with Crippen LogP contribution in [0.5, 0.6) is 0 Å². The molecule has 0 bridgehead atoms. The van der Waals surface area contributed by atoms with Crippen LogP contribution in [0.15, 0.2) is 5.38 Å². The van der Waals surface area contributed by atoms with E-state index in [1.165, 1.54) is 0 Å². The highest BCUT2D eigenvalue weighted by Gasteiger charge is 2.23. The van der Waals surface area contributed by atoms with Crippen LogP contribution in [0.4, 0.5) is 0 Å². The Morgan fingerprint density at radius 1 is 1.80 bits per heavy atom. The van der Waals surface area contributed by atoms with E-state index in [1.807, 2.05) is 12.3 Å². The highest BCUT2D eigenvalue weighted by Crippen LogP contribution is 2.13. The molecule has 1 aromatic rings. The van der Waals surface area contributed by atoms with Crippen molar-refractivity contribution in [1.82, 2.24) is 10.3 Å². The summed E-state index contributed by atoms with van der Waals surface area (Å²) in [6.45, 7) is 3.75. The Hall–Kier alpha value is -0.940. The third kappa shape index (κ3) is 2.76. The first-order chi connectivity index (χ1) is 7.25. The Balaban J connectivity index is 1.80. The maximum Gasteiger partial charge on any atom is 0.225 e. The third-order valence-corrected chi connectivity index (χ3v) is 3.35. The van der Waals surface area contributed by atoms with Gasteiger partial charge < -0.3 is 10.1 Å². The van der Waals surface area contributed by atoms with E-state index in [9.17, 15) is 4.79 Å². The first kappa shape index (κ1) is 10.6. The number of hydrogen-bond donors (Lipinski definition) is 1. The Labute approximate surface area is 92.7 Å². The monoisotopic (exact) mass is 226 g/mol. The van der Waals surface area contributed by atoms with Crippen LogP contribution in [-0.4, -0.2) is 24.1 Å². The molecule has 1 aliphatic rings. The summed E-state index contributed by atoms with van der Waals surface area (Å²) in [4.78, 5) is 15.9. The van der Waals surface area contributed by atoms with E-state index in [0.29, 0.717) is 19.8 Å². The summed E-state index contributed by atoms with van der Waals surface area (Å²) in [5, 5.41) is 5.83. The number of thiazole rings is 1. The molecule has 1 atom stereocenters. The van der Waals surface area contributed by atoms with Crippen molar-refractivity contribution < 1.29 is 9.53 Å².